The van der Waals surface area contributed by atoms with Crippen molar-refractivity contribution in [1.82, 2.24) is 4.90 Å². The van der Waals surface area contributed by atoms with E-state index in [1.165, 1.54) is 5.56 Å². The molecule has 0 spiro atoms. The van der Waals surface area contributed by atoms with Crippen LogP contribution in [0, 0.1) is 13.8 Å². The molecule has 1 saturated heterocycles. The van der Waals surface area contributed by atoms with Crippen molar-refractivity contribution < 1.29 is 9.59 Å². The number of rotatable bonds is 3. The number of benzene rings is 2. The van der Waals surface area contributed by atoms with Crippen molar-refractivity contribution in [1.29, 1.82) is 0 Å². The predicted molar refractivity (Wildman–Crippen MR) is 99.6 cm³/mol. The summed E-state index contributed by atoms with van der Waals surface area (Å²) in [6.07, 6.45) is 0.335. The van der Waals surface area contributed by atoms with E-state index >= 15 is 0 Å². The van der Waals surface area contributed by atoms with E-state index < -0.39 is 6.04 Å². The number of anilines is 1. The maximum Gasteiger partial charge on any atom is 0.249 e. The summed E-state index contributed by atoms with van der Waals surface area (Å²) in [4.78, 5) is 29.0. The lowest BCUT2D eigenvalue weighted by Crippen LogP contribution is -2.58. The van der Waals surface area contributed by atoms with Crippen molar-refractivity contribution in [3.05, 3.63) is 65.2 Å². The van der Waals surface area contributed by atoms with Gasteiger partial charge in [0, 0.05) is 18.8 Å². The van der Waals surface area contributed by atoms with Gasteiger partial charge >= 0.3 is 0 Å². The van der Waals surface area contributed by atoms with Crippen LogP contribution < -0.4 is 4.90 Å². The van der Waals surface area contributed by atoms with E-state index in [2.05, 4.69) is 6.07 Å². The van der Waals surface area contributed by atoms with Gasteiger partial charge in [-0.1, -0.05) is 48.0 Å². The minimum atomic E-state index is -0.439. The number of carbonyl (C=O) groups is 2. The summed E-state index contributed by atoms with van der Waals surface area (Å²) in [6.45, 7) is 6.98. The summed E-state index contributed by atoms with van der Waals surface area (Å²) in [5.74, 6) is -0.00746. The third-order valence-corrected chi connectivity index (χ3v) is 4.82. The van der Waals surface area contributed by atoms with Crippen molar-refractivity contribution in [2.45, 2.75) is 33.2 Å². The largest absolute Gasteiger partial charge is 0.329 e. The summed E-state index contributed by atoms with van der Waals surface area (Å²) in [7, 11) is 0. The molecule has 25 heavy (non-hydrogen) atoms. The second kappa shape index (κ2) is 7.09. The van der Waals surface area contributed by atoms with Gasteiger partial charge in [0.1, 0.15) is 6.04 Å². The first-order valence-corrected chi connectivity index (χ1v) is 8.69. The molecular weight excluding hydrogens is 312 g/mol. The van der Waals surface area contributed by atoms with Crippen LogP contribution in [0.25, 0.3) is 0 Å². The van der Waals surface area contributed by atoms with Crippen LogP contribution in [-0.2, 0) is 16.0 Å². The van der Waals surface area contributed by atoms with Gasteiger partial charge in [0.15, 0.2) is 0 Å². The molecule has 4 heteroatoms. The number of hydrogen-bond acceptors (Lipinski definition) is 2. The van der Waals surface area contributed by atoms with Crippen LogP contribution in [0.2, 0.25) is 0 Å². The molecule has 3 rings (SSSR count). The Hall–Kier alpha value is -2.62. The van der Waals surface area contributed by atoms with Gasteiger partial charge in [-0.25, -0.2) is 0 Å². The fourth-order valence-electron chi connectivity index (χ4n) is 3.43. The summed E-state index contributed by atoms with van der Waals surface area (Å²) in [6, 6.07) is 15.3. The van der Waals surface area contributed by atoms with E-state index in [4.69, 9.17) is 0 Å². The Balaban J connectivity index is 1.74. The van der Waals surface area contributed by atoms with Gasteiger partial charge in [-0.3, -0.25) is 9.59 Å². The van der Waals surface area contributed by atoms with Gasteiger partial charge in [0.25, 0.3) is 0 Å². The third-order valence-electron chi connectivity index (χ3n) is 4.82. The average molecular weight is 336 g/mol. The molecule has 1 unspecified atom stereocenters. The number of aryl methyl sites for hydroxylation is 2. The molecule has 4 nitrogen and oxygen atoms in total. The number of nitrogens with zero attached hydrogens (tertiary/aromatic N) is 2. The quantitative estimate of drug-likeness (QED) is 0.864. The van der Waals surface area contributed by atoms with Crippen molar-refractivity contribution in [3.63, 3.8) is 0 Å². The molecule has 0 N–H and O–H groups in total. The molecule has 0 radical (unpaired) electrons. The fourth-order valence-corrected chi connectivity index (χ4v) is 3.43. The Morgan fingerprint density at radius 2 is 1.80 bits per heavy atom. The minimum Gasteiger partial charge on any atom is -0.329 e. The zero-order chi connectivity index (χ0) is 18.0. The van der Waals surface area contributed by atoms with Crippen molar-refractivity contribution in [2.24, 2.45) is 0 Å². The van der Waals surface area contributed by atoms with Crippen LogP contribution in [-0.4, -0.2) is 35.8 Å². The lowest BCUT2D eigenvalue weighted by atomic mass is 10.1. The van der Waals surface area contributed by atoms with Gasteiger partial charge in [0.2, 0.25) is 11.8 Å². The second-order valence-corrected chi connectivity index (χ2v) is 6.71. The summed E-state index contributed by atoms with van der Waals surface area (Å²) < 4.78 is 0. The van der Waals surface area contributed by atoms with Crippen molar-refractivity contribution in [3.8, 4) is 0 Å². The fraction of sp³-hybridized carbons (Fsp3) is 0.333. The highest BCUT2D eigenvalue weighted by atomic mass is 16.2. The zero-order valence-corrected chi connectivity index (χ0v) is 15.0. The normalized spacial score (nSPS) is 17.7. The highest BCUT2D eigenvalue weighted by Gasteiger charge is 2.35. The highest BCUT2D eigenvalue weighted by molar-refractivity contribution is 6.00. The van der Waals surface area contributed by atoms with Crippen molar-refractivity contribution in [2.75, 3.05) is 18.0 Å². The van der Waals surface area contributed by atoms with Crippen LogP contribution in [0.15, 0.2) is 48.5 Å². The van der Waals surface area contributed by atoms with Crippen LogP contribution in [0.5, 0.6) is 0 Å². The lowest BCUT2D eigenvalue weighted by molar-refractivity contribution is -0.140. The first-order chi connectivity index (χ1) is 12.0. The Bertz CT molecular complexity index is 786. The van der Waals surface area contributed by atoms with Gasteiger partial charge in [-0.15, -0.1) is 0 Å². The Labute approximate surface area is 149 Å². The predicted octanol–water partition coefficient (Wildman–Crippen LogP) is 3.11. The second-order valence-electron chi connectivity index (χ2n) is 6.71. The highest BCUT2D eigenvalue weighted by Crippen LogP contribution is 2.25. The molecule has 1 aliphatic rings. The molecule has 2 aromatic rings. The third kappa shape index (κ3) is 3.58. The maximum absolute atomic E-state index is 12.9. The molecule has 0 saturated carbocycles. The first kappa shape index (κ1) is 17.2. The van der Waals surface area contributed by atoms with Crippen LogP contribution >= 0.6 is 0 Å². The van der Waals surface area contributed by atoms with Gasteiger partial charge in [-0.2, -0.15) is 0 Å². The van der Waals surface area contributed by atoms with E-state index in [9.17, 15) is 9.59 Å². The first-order valence-electron chi connectivity index (χ1n) is 8.69. The monoisotopic (exact) mass is 336 g/mol. The molecule has 0 bridgehead atoms. The molecule has 2 aromatic carbocycles. The van der Waals surface area contributed by atoms with E-state index in [-0.39, 0.29) is 11.8 Å². The molecule has 1 aliphatic heterocycles. The molecule has 130 valence electrons. The number of carbonyl (C=O) groups excluding carboxylic acids is 2. The van der Waals surface area contributed by atoms with E-state index in [1.54, 1.807) is 4.90 Å². The molecule has 0 aliphatic carbocycles. The standard InChI is InChI=1S/C21H24N2O2/c1-15-9-10-19(16(2)13-15)23-12-11-22(17(3)21(23)25)20(24)14-18-7-5-4-6-8-18/h4-10,13,17H,11-12,14H2,1-3H3. The van der Waals surface area contributed by atoms with Crippen molar-refractivity contribution >= 4 is 17.5 Å². The Morgan fingerprint density at radius 3 is 2.48 bits per heavy atom. The molecular formula is C21H24N2O2. The van der Waals surface area contributed by atoms with Gasteiger partial charge in [0.05, 0.1) is 6.42 Å². The van der Waals surface area contributed by atoms with Crippen LogP contribution in [0.1, 0.15) is 23.6 Å². The molecule has 1 fully saturated rings. The topological polar surface area (TPSA) is 40.6 Å². The molecule has 1 heterocycles. The molecule has 0 aromatic heterocycles. The number of amides is 2. The van der Waals surface area contributed by atoms with E-state index in [0.29, 0.717) is 19.5 Å². The minimum absolute atomic E-state index is 0.00679. The lowest BCUT2D eigenvalue weighted by Gasteiger charge is -2.39. The Morgan fingerprint density at radius 1 is 1.08 bits per heavy atom. The van der Waals surface area contributed by atoms with Gasteiger partial charge in [-0.05, 0) is 38.0 Å². The number of hydrogen-bond donors (Lipinski definition) is 0. The zero-order valence-electron chi connectivity index (χ0n) is 15.0. The van der Waals surface area contributed by atoms with Gasteiger partial charge < -0.3 is 9.80 Å². The summed E-state index contributed by atoms with van der Waals surface area (Å²) in [5, 5.41) is 0. The van der Waals surface area contributed by atoms with Crippen LogP contribution in [0.4, 0.5) is 5.69 Å². The summed E-state index contributed by atoms with van der Waals surface area (Å²) in [5.41, 5.74) is 4.18. The van der Waals surface area contributed by atoms with Crippen LogP contribution in [0.3, 0.4) is 0 Å². The maximum atomic E-state index is 12.9. The smallest absolute Gasteiger partial charge is 0.249 e. The van der Waals surface area contributed by atoms with E-state index in [0.717, 1.165) is 16.8 Å². The average Bonchev–Trinajstić information content (AvgIpc) is 2.59. The molecule has 1 atom stereocenters. The summed E-state index contributed by atoms with van der Waals surface area (Å²) >= 11 is 0. The van der Waals surface area contributed by atoms with E-state index in [1.807, 2.05) is 68.1 Å². The number of piperazine rings is 1. The SMILES string of the molecule is Cc1ccc(N2CCN(C(=O)Cc3ccccc3)C(C)C2=O)c(C)c1. The molecule has 2 amide bonds. The Kier molecular flexibility index (Phi) is 4.88.